The lowest BCUT2D eigenvalue weighted by Gasteiger charge is -2.17. The largest absolute Gasteiger partial charge is 0.315 e. The molecule has 0 spiro atoms. The van der Waals surface area contributed by atoms with Gasteiger partial charge in [0.25, 0.3) is 0 Å². The van der Waals surface area contributed by atoms with E-state index in [2.05, 4.69) is 45.5 Å². The third kappa shape index (κ3) is 2.30. The first-order valence-corrected chi connectivity index (χ1v) is 8.03. The fraction of sp³-hybridized carbons (Fsp3) is 0.267. The lowest BCUT2D eigenvalue weighted by atomic mass is 10.0. The smallest absolute Gasteiger partial charge is 0.231 e. The molecular weight excluding hydrogens is 336 g/mol. The van der Waals surface area contributed by atoms with Gasteiger partial charge in [0, 0.05) is 17.6 Å². The Labute approximate surface area is 130 Å². The van der Waals surface area contributed by atoms with Gasteiger partial charge in [0.1, 0.15) is 0 Å². The number of anilines is 1. The molecule has 3 nitrogen and oxygen atoms in total. The third-order valence-corrected chi connectivity index (χ3v) is 5.37. The zero-order valence-electron chi connectivity index (χ0n) is 11.3. The summed E-state index contributed by atoms with van der Waals surface area (Å²) in [6.45, 7) is 0. The van der Waals surface area contributed by atoms with Crippen molar-refractivity contribution in [2.45, 2.75) is 12.5 Å². The quantitative estimate of drug-likeness (QED) is 0.920. The minimum Gasteiger partial charge on any atom is -0.315 e. The summed E-state index contributed by atoms with van der Waals surface area (Å²) in [7, 11) is 3.79. The second-order valence-corrected chi connectivity index (χ2v) is 7.38. The van der Waals surface area contributed by atoms with Crippen LogP contribution in [0, 0.1) is 0 Å². The van der Waals surface area contributed by atoms with Gasteiger partial charge in [-0.25, -0.2) is 0 Å². The number of nitrogens with one attached hydrogen (secondary N) is 1. The molecule has 20 heavy (non-hydrogen) atoms. The van der Waals surface area contributed by atoms with Crippen LogP contribution < -0.4 is 10.2 Å². The van der Waals surface area contributed by atoms with Gasteiger partial charge in [-0.3, -0.25) is 4.79 Å². The van der Waals surface area contributed by atoms with E-state index in [9.17, 15) is 4.79 Å². The second-order valence-electron chi connectivity index (χ2n) is 4.88. The van der Waals surface area contributed by atoms with E-state index in [0.717, 1.165) is 15.0 Å². The van der Waals surface area contributed by atoms with E-state index >= 15 is 0 Å². The van der Waals surface area contributed by atoms with Crippen molar-refractivity contribution >= 4 is 38.9 Å². The Morgan fingerprint density at radius 2 is 2.15 bits per heavy atom. The zero-order chi connectivity index (χ0) is 14.3. The first-order chi connectivity index (χ1) is 9.60. The average Bonchev–Trinajstić information content (AvgIpc) is 2.96. The Balaban J connectivity index is 1.98. The van der Waals surface area contributed by atoms with Crippen molar-refractivity contribution in [1.29, 1.82) is 0 Å². The summed E-state index contributed by atoms with van der Waals surface area (Å²) < 4.78 is 1.13. The van der Waals surface area contributed by atoms with Crippen molar-refractivity contribution in [2.75, 3.05) is 19.0 Å². The molecule has 0 aliphatic carbocycles. The molecule has 0 saturated heterocycles. The molecule has 2 heterocycles. The zero-order valence-corrected chi connectivity index (χ0v) is 13.7. The van der Waals surface area contributed by atoms with Gasteiger partial charge in [-0.05, 0) is 52.3 Å². The maximum atomic E-state index is 11.8. The summed E-state index contributed by atoms with van der Waals surface area (Å²) in [6, 6.07) is 10.6. The number of carbonyl (C=O) groups excluding carboxylic acids is 1. The summed E-state index contributed by atoms with van der Waals surface area (Å²) in [6.07, 6.45) is 0.504. The summed E-state index contributed by atoms with van der Waals surface area (Å²) in [5, 5.41) is 3.35. The van der Waals surface area contributed by atoms with E-state index in [0.29, 0.717) is 6.42 Å². The van der Waals surface area contributed by atoms with Crippen molar-refractivity contribution in [2.24, 2.45) is 0 Å². The van der Waals surface area contributed by atoms with Crippen LogP contribution in [0.25, 0.3) is 0 Å². The van der Waals surface area contributed by atoms with Crippen LogP contribution in [-0.2, 0) is 11.2 Å². The summed E-state index contributed by atoms with van der Waals surface area (Å²) in [5.74, 6) is 0.164. The van der Waals surface area contributed by atoms with Gasteiger partial charge < -0.3 is 10.2 Å². The fourth-order valence-electron chi connectivity index (χ4n) is 2.63. The molecular formula is C15H15BrN2OS. The normalized spacial score (nSPS) is 15.6. The first-order valence-electron chi connectivity index (χ1n) is 6.42. The number of rotatable bonds is 3. The Kier molecular flexibility index (Phi) is 3.67. The highest BCUT2D eigenvalue weighted by Gasteiger charge is 2.25. The van der Waals surface area contributed by atoms with Crippen LogP contribution in [0.2, 0.25) is 0 Å². The van der Waals surface area contributed by atoms with Crippen LogP contribution in [0.5, 0.6) is 0 Å². The van der Waals surface area contributed by atoms with Crippen molar-refractivity contribution < 1.29 is 4.79 Å². The maximum absolute atomic E-state index is 11.8. The molecule has 0 saturated carbocycles. The van der Waals surface area contributed by atoms with Gasteiger partial charge in [0.15, 0.2) is 0 Å². The molecule has 1 N–H and O–H groups in total. The van der Waals surface area contributed by atoms with Gasteiger partial charge in [0.05, 0.1) is 16.2 Å². The van der Waals surface area contributed by atoms with Crippen LogP contribution in [0.15, 0.2) is 34.1 Å². The van der Waals surface area contributed by atoms with E-state index in [1.807, 2.05) is 20.2 Å². The van der Waals surface area contributed by atoms with Crippen molar-refractivity contribution in [1.82, 2.24) is 5.32 Å². The number of amides is 1. The molecule has 0 fully saturated rings. The highest BCUT2D eigenvalue weighted by atomic mass is 79.9. The third-order valence-electron chi connectivity index (χ3n) is 3.68. The van der Waals surface area contributed by atoms with E-state index in [-0.39, 0.29) is 11.9 Å². The summed E-state index contributed by atoms with van der Waals surface area (Å²) in [4.78, 5) is 14.8. The SMILES string of the molecule is CNC(c1ccc2c(c1)CC(=O)N2C)c1ccc(Br)s1. The lowest BCUT2D eigenvalue weighted by molar-refractivity contribution is -0.117. The van der Waals surface area contributed by atoms with E-state index in [1.54, 1.807) is 16.2 Å². The number of halogens is 1. The molecule has 1 aliphatic heterocycles. The Bertz CT molecular complexity index is 668. The number of hydrogen-bond donors (Lipinski definition) is 1. The average molecular weight is 351 g/mol. The fourth-order valence-corrected chi connectivity index (χ4v) is 4.19. The highest BCUT2D eigenvalue weighted by molar-refractivity contribution is 9.11. The number of nitrogens with zero attached hydrogens (tertiary/aromatic N) is 1. The number of hydrogen-bond acceptors (Lipinski definition) is 3. The standard InChI is InChI=1S/C15H15BrN2OS/c1-17-15(12-5-6-13(16)20-12)9-3-4-11-10(7-9)8-14(19)18(11)2/h3-7,15,17H,8H2,1-2H3. The molecule has 2 aromatic rings. The van der Waals surface area contributed by atoms with Gasteiger partial charge in [-0.1, -0.05) is 12.1 Å². The number of benzene rings is 1. The monoisotopic (exact) mass is 350 g/mol. The molecule has 0 bridgehead atoms. The van der Waals surface area contributed by atoms with E-state index < -0.39 is 0 Å². The Morgan fingerprint density at radius 1 is 1.35 bits per heavy atom. The number of likely N-dealkylation sites (N-methyl/N-ethyl adjacent to an activating group) is 1. The number of fused-ring (bicyclic) bond motifs is 1. The molecule has 1 aliphatic rings. The molecule has 104 valence electrons. The molecule has 0 radical (unpaired) electrons. The lowest BCUT2D eigenvalue weighted by Crippen LogP contribution is -2.20. The van der Waals surface area contributed by atoms with Gasteiger partial charge in [0.2, 0.25) is 5.91 Å². The molecule has 1 atom stereocenters. The van der Waals surface area contributed by atoms with Gasteiger partial charge in [-0.15, -0.1) is 11.3 Å². The molecule has 5 heteroatoms. The van der Waals surface area contributed by atoms with Gasteiger partial charge in [-0.2, -0.15) is 0 Å². The van der Waals surface area contributed by atoms with Crippen molar-refractivity contribution in [3.63, 3.8) is 0 Å². The summed E-state index contributed by atoms with van der Waals surface area (Å²) in [5.41, 5.74) is 3.34. The molecule has 1 aromatic carbocycles. The van der Waals surface area contributed by atoms with Gasteiger partial charge >= 0.3 is 0 Å². The van der Waals surface area contributed by atoms with Crippen LogP contribution >= 0.6 is 27.3 Å². The van der Waals surface area contributed by atoms with E-state index in [4.69, 9.17) is 0 Å². The molecule has 1 amide bonds. The number of thiophene rings is 1. The van der Waals surface area contributed by atoms with Crippen LogP contribution in [-0.4, -0.2) is 20.0 Å². The van der Waals surface area contributed by atoms with E-state index in [1.165, 1.54) is 10.4 Å². The molecule has 1 aromatic heterocycles. The second kappa shape index (κ2) is 5.31. The van der Waals surface area contributed by atoms with Crippen LogP contribution in [0.3, 0.4) is 0 Å². The Hall–Kier alpha value is -1.17. The maximum Gasteiger partial charge on any atom is 0.231 e. The summed E-state index contributed by atoms with van der Waals surface area (Å²) >= 11 is 5.23. The minimum absolute atomic E-state index is 0.164. The molecule has 1 unspecified atom stereocenters. The molecule has 3 rings (SSSR count). The van der Waals surface area contributed by atoms with Crippen molar-refractivity contribution in [3.8, 4) is 0 Å². The first kappa shape index (κ1) is 13.8. The van der Waals surface area contributed by atoms with Crippen LogP contribution in [0.1, 0.15) is 22.0 Å². The predicted octanol–water partition coefficient (Wildman–Crippen LogP) is 3.34. The Morgan fingerprint density at radius 3 is 2.80 bits per heavy atom. The predicted molar refractivity (Wildman–Crippen MR) is 86.5 cm³/mol. The topological polar surface area (TPSA) is 32.3 Å². The number of carbonyl (C=O) groups is 1. The van der Waals surface area contributed by atoms with Crippen LogP contribution in [0.4, 0.5) is 5.69 Å². The van der Waals surface area contributed by atoms with Crippen molar-refractivity contribution in [3.05, 3.63) is 50.1 Å². The minimum atomic E-state index is 0.164. The highest BCUT2D eigenvalue weighted by Crippen LogP contribution is 2.35.